The summed E-state index contributed by atoms with van der Waals surface area (Å²) in [5.74, 6) is -8.07. The summed E-state index contributed by atoms with van der Waals surface area (Å²) in [4.78, 5) is 40.9. The molecule has 4 N–H and O–H groups in total. The van der Waals surface area contributed by atoms with E-state index in [-0.39, 0.29) is 32.3 Å². The number of ketones is 1. The van der Waals surface area contributed by atoms with Crippen LogP contribution in [0.1, 0.15) is 46.5 Å². The van der Waals surface area contributed by atoms with Gasteiger partial charge in [0.2, 0.25) is 5.79 Å². The van der Waals surface area contributed by atoms with Crippen molar-refractivity contribution in [3.8, 4) is 0 Å². The smallest absolute Gasteiger partial charge is 0.342 e. The average molecular weight is 545 g/mol. The van der Waals surface area contributed by atoms with Gasteiger partial charge in [-0.3, -0.25) is 9.59 Å². The maximum atomic E-state index is 13.7. The zero-order valence-corrected chi connectivity index (χ0v) is 21.9. The van der Waals surface area contributed by atoms with Gasteiger partial charge in [-0.05, 0) is 56.9 Å². The lowest BCUT2D eigenvalue weighted by molar-refractivity contribution is -0.379. The molecule has 4 aliphatic heterocycles. The summed E-state index contributed by atoms with van der Waals surface area (Å²) in [6, 6.07) is 0. The van der Waals surface area contributed by atoms with Crippen molar-refractivity contribution in [1.29, 1.82) is 0 Å². The largest absolute Gasteiger partial charge is 0.458 e. The van der Waals surface area contributed by atoms with E-state index in [9.17, 15) is 34.8 Å². The Morgan fingerprint density at radius 2 is 1.77 bits per heavy atom. The second-order valence-corrected chi connectivity index (χ2v) is 14.4. The SMILES string of the molecule is C[C@@]12C[C@H]3OC(=O)[C@@H]1CO[C@@]14O[C@]56[C@H]2[C@]1(O)[C@H](C[C@]5(O)C(=O)O[C@@]36C)[C@H]1[C@H]4CC(O)[C@]2(O)CC=CC(=O)[C@]12C. The molecule has 9 rings (SSSR count). The first-order valence-electron chi connectivity index (χ1n) is 14.0. The van der Waals surface area contributed by atoms with Crippen LogP contribution in [-0.4, -0.2) is 90.8 Å². The maximum absolute atomic E-state index is 13.7. The van der Waals surface area contributed by atoms with Crippen LogP contribution in [0.2, 0.25) is 0 Å². The normalized spacial score (nSPS) is 68.2. The first-order valence-corrected chi connectivity index (χ1v) is 14.0. The summed E-state index contributed by atoms with van der Waals surface area (Å²) in [5, 5.41) is 49.1. The fraction of sp³-hybridized carbons (Fsp3) is 0.821. The van der Waals surface area contributed by atoms with Crippen LogP contribution in [0.15, 0.2) is 12.2 Å². The number of esters is 2. The first-order chi connectivity index (χ1) is 18.1. The number of hydrogen-bond acceptors (Lipinski definition) is 11. The van der Waals surface area contributed by atoms with Crippen molar-refractivity contribution in [3.05, 3.63) is 12.2 Å². The van der Waals surface area contributed by atoms with E-state index in [0.717, 1.165) is 0 Å². The molecule has 0 amide bonds. The summed E-state index contributed by atoms with van der Waals surface area (Å²) in [7, 11) is 0. The van der Waals surface area contributed by atoms with Crippen LogP contribution in [-0.2, 0) is 33.3 Å². The lowest BCUT2D eigenvalue weighted by atomic mass is 9.39. The summed E-state index contributed by atoms with van der Waals surface area (Å²) >= 11 is 0. The van der Waals surface area contributed by atoms with E-state index in [1.165, 1.54) is 6.08 Å². The van der Waals surface area contributed by atoms with Crippen molar-refractivity contribution >= 4 is 17.7 Å². The molecule has 8 fully saturated rings. The number of carbonyl (C=O) groups excluding carboxylic acids is 3. The Labute approximate surface area is 223 Å². The van der Waals surface area contributed by atoms with Gasteiger partial charge in [0.25, 0.3) is 0 Å². The number of rotatable bonds is 0. The van der Waals surface area contributed by atoms with Crippen LogP contribution in [0.4, 0.5) is 0 Å². The lowest BCUT2D eigenvalue weighted by Crippen LogP contribution is -2.82. The molecule has 210 valence electrons. The molecule has 5 aliphatic carbocycles. The molecule has 39 heavy (non-hydrogen) atoms. The van der Waals surface area contributed by atoms with Crippen LogP contribution >= 0.6 is 0 Å². The topological polar surface area (TPSA) is 169 Å². The highest BCUT2D eigenvalue weighted by Crippen LogP contribution is 2.85. The van der Waals surface area contributed by atoms with Gasteiger partial charge in [-0.2, -0.15) is 0 Å². The maximum Gasteiger partial charge on any atom is 0.342 e. The Hall–Kier alpha value is -1.89. The number of aliphatic hydroxyl groups is 4. The quantitative estimate of drug-likeness (QED) is 0.280. The van der Waals surface area contributed by atoms with Gasteiger partial charge in [-0.25, -0.2) is 4.79 Å². The Kier molecular flexibility index (Phi) is 3.58. The minimum absolute atomic E-state index is 0.0323. The van der Waals surface area contributed by atoms with E-state index in [4.69, 9.17) is 18.9 Å². The molecule has 0 radical (unpaired) electrons. The second-order valence-electron chi connectivity index (χ2n) is 14.4. The van der Waals surface area contributed by atoms with Gasteiger partial charge in [0.1, 0.15) is 17.3 Å². The number of ether oxygens (including phenoxy) is 4. The highest BCUT2D eigenvalue weighted by atomic mass is 16.8. The van der Waals surface area contributed by atoms with E-state index in [1.807, 2.05) is 6.92 Å². The van der Waals surface area contributed by atoms with Crippen molar-refractivity contribution in [2.24, 2.45) is 40.4 Å². The molecule has 0 aromatic heterocycles. The predicted octanol–water partition coefficient (Wildman–Crippen LogP) is -0.876. The summed E-state index contributed by atoms with van der Waals surface area (Å²) in [6.07, 6.45) is 0.645. The van der Waals surface area contributed by atoms with Gasteiger partial charge in [0.15, 0.2) is 22.6 Å². The predicted molar refractivity (Wildman–Crippen MR) is 124 cm³/mol. The fourth-order valence-electron chi connectivity index (χ4n) is 12.1. The second kappa shape index (κ2) is 5.87. The highest BCUT2D eigenvalue weighted by molar-refractivity contribution is 5.97. The molecule has 11 nitrogen and oxygen atoms in total. The van der Waals surface area contributed by atoms with Gasteiger partial charge < -0.3 is 39.4 Å². The van der Waals surface area contributed by atoms with Crippen LogP contribution in [0.3, 0.4) is 0 Å². The highest BCUT2D eigenvalue weighted by Gasteiger charge is 3.01. The summed E-state index contributed by atoms with van der Waals surface area (Å²) in [5.41, 5.74) is -11.9. The van der Waals surface area contributed by atoms with E-state index in [2.05, 4.69) is 0 Å². The minimum atomic E-state index is -2.23. The van der Waals surface area contributed by atoms with Crippen molar-refractivity contribution in [2.75, 3.05) is 6.61 Å². The van der Waals surface area contributed by atoms with Crippen LogP contribution < -0.4 is 0 Å². The third kappa shape index (κ3) is 1.77. The average Bonchev–Trinajstić information content (AvgIpc) is 3.22. The van der Waals surface area contributed by atoms with Gasteiger partial charge in [0.05, 0.1) is 24.0 Å². The zero-order chi connectivity index (χ0) is 27.6. The standard InChI is InChI=1S/C28H32O11/c1-21-9-16-23(3)27-19(21)26(35)12(8-25(27,34)20(32)38-23)17-11(28(26,39-27)36-10-13(21)18(31)37-16)7-15(30)24(33)6-4-5-14(29)22(17,24)2/h4-5,11-13,15-17,19,30,33-35H,6-10H2,1-3H3/t11-,12-,13+,15?,16-,17-,19-,21-,22-,23+,24-,25+,26-,27+,28+/m1/s1. The molecular formula is C28H32O11. The van der Waals surface area contributed by atoms with Crippen LogP contribution in [0.5, 0.6) is 0 Å². The van der Waals surface area contributed by atoms with E-state index >= 15 is 0 Å². The molecule has 1 spiro atoms. The molecule has 11 heteroatoms. The van der Waals surface area contributed by atoms with Gasteiger partial charge in [-0.1, -0.05) is 13.0 Å². The Morgan fingerprint density at radius 3 is 2.51 bits per heavy atom. The van der Waals surface area contributed by atoms with Crippen molar-refractivity contribution in [3.63, 3.8) is 0 Å². The zero-order valence-electron chi connectivity index (χ0n) is 21.9. The Balaban J connectivity index is 1.39. The third-order valence-electron chi connectivity index (χ3n) is 13.7. The Bertz CT molecular complexity index is 1360. The molecule has 0 aromatic carbocycles. The van der Waals surface area contributed by atoms with Crippen LogP contribution in [0, 0.1) is 40.4 Å². The lowest BCUT2D eigenvalue weighted by Gasteiger charge is -2.67. The summed E-state index contributed by atoms with van der Waals surface area (Å²) < 4.78 is 25.3. The molecule has 9 aliphatic rings. The molecule has 4 saturated carbocycles. The monoisotopic (exact) mass is 544 g/mol. The molecule has 0 aromatic rings. The molecule has 4 saturated heterocycles. The number of aliphatic hydroxyl groups excluding tert-OH is 1. The van der Waals surface area contributed by atoms with Crippen LogP contribution in [0.25, 0.3) is 0 Å². The van der Waals surface area contributed by atoms with Gasteiger partial charge >= 0.3 is 11.9 Å². The number of fused-ring (bicyclic) bond motifs is 6. The fourth-order valence-corrected chi connectivity index (χ4v) is 12.1. The van der Waals surface area contributed by atoms with E-state index in [0.29, 0.717) is 0 Å². The third-order valence-corrected chi connectivity index (χ3v) is 13.7. The molecule has 6 bridgehead atoms. The first kappa shape index (κ1) is 23.8. The summed E-state index contributed by atoms with van der Waals surface area (Å²) in [6.45, 7) is 4.92. The van der Waals surface area contributed by atoms with Gasteiger partial charge in [-0.15, -0.1) is 0 Å². The number of carbonyl (C=O) groups is 3. The van der Waals surface area contributed by atoms with Crippen molar-refractivity contribution in [2.45, 2.75) is 92.5 Å². The van der Waals surface area contributed by atoms with E-state index < -0.39 is 104 Å². The molecule has 1 unspecified atom stereocenters. The van der Waals surface area contributed by atoms with Gasteiger partial charge in [0, 0.05) is 17.8 Å². The molecule has 4 heterocycles. The molecule has 15 atom stereocenters. The number of hydrogen-bond donors (Lipinski definition) is 4. The molecular weight excluding hydrogens is 512 g/mol. The van der Waals surface area contributed by atoms with E-state index in [1.54, 1.807) is 19.9 Å². The van der Waals surface area contributed by atoms with Crippen molar-refractivity contribution in [1.82, 2.24) is 0 Å². The van der Waals surface area contributed by atoms with Crippen molar-refractivity contribution < 1.29 is 53.8 Å². The Morgan fingerprint density at radius 1 is 1.03 bits per heavy atom. The minimum Gasteiger partial charge on any atom is -0.458 e. The number of allylic oxidation sites excluding steroid dienone is 1.